The van der Waals surface area contributed by atoms with Crippen LogP contribution in [-0.4, -0.2) is 36.0 Å². The van der Waals surface area contributed by atoms with Gasteiger partial charge in [0.1, 0.15) is 9.88 Å². The van der Waals surface area contributed by atoms with Gasteiger partial charge in [-0.15, -0.1) is 11.3 Å². The summed E-state index contributed by atoms with van der Waals surface area (Å²) in [5, 5.41) is 0.949. The fourth-order valence-electron chi connectivity index (χ4n) is 2.36. The van der Waals surface area contributed by atoms with Gasteiger partial charge in [-0.3, -0.25) is 15.1 Å². The first-order valence-electron chi connectivity index (χ1n) is 6.84. The fraction of sp³-hybridized carbons (Fsp3) is 0.692. The summed E-state index contributed by atoms with van der Waals surface area (Å²) in [7, 11) is 1.59. The number of carbonyl (C=O) groups excluding carboxylic acids is 1. The molecule has 3 N–H and O–H groups in total. The first kappa shape index (κ1) is 15.4. The van der Waals surface area contributed by atoms with E-state index in [-0.39, 0.29) is 5.91 Å². The number of likely N-dealkylation sites (tertiary alicyclic amines) is 1. The third-order valence-electron chi connectivity index (χ3n) is 3.60. The molecule has 7 heteroatoms. The molecule has 1 aromatic heterocycles. The second-order valence-electron chi connectivity index (χ2n) is 5.25. The van der Waals surface area contributed by atoms with E-state index < -0.39 is 0 Å². The number of nitrogens with zero attached hydrogens (tertiary/aromatic N) is 2. The molecule has 6 nitrogen and oxygen atoms in total. The second kappa shape index (κ2) is 7.12. The molecular formula is C13H22N4O2S. The van der Waals surface area contributed by atoms with Crippen LogP contribution >= 0.6 is 11.3 Å². The monoisotopic (exact) mass is 298 g/mol. The minimum atomic E-state index is -0.298. The van der Waals surface area contributed by atoms with Gasteiger partial charge in [0.15, 0.2) is 0 Å². The number of piperidine rings is 1. The first-order valence-corrected chi connectivity index (χ1v) is 7.66. The number of thiazole rings is 1. The average Bonchev–Trinajstić information content (AvgIpc) is 2.84. The van der Waals surface area contributed by atoms with Crippen molar-refractivity contribution < 1.29 is 9.53 Å². The average molecular weight is 298 g/mol. The Balaban J connectivity index is 2.06. The Morgan fingerprint density at radius 3 is 2.85 bits per heavy atom. The summed E-state index contributed by atoms with van der Waals surface area (Å²) in [4.78, 5) is 19.2. The number of methoxy groups -OCH3 is 1. The van der Waals surface area contributed by atoms with Crippen molar-refractivity contribution in [2.45, 2.75) is 32.9 Å². The lowest BCUT2D eigenvalue weighted by atomic mass is 9.99. The Bertz CT molecular complexity index is 455. The molecule has 0 aliphatic carbocycles. The van der Waals surface area contributed by atoms with Gasteiger partial charge in [-0.2, -0.15) is 0 Å². The molecule has 0 unspecified atom stereocenters. The molecule has 1 aromatic rings. The number of nitrogen functional groups attached to an aromatic ring is 1. The minimum absolute atomic E-state index is 0.298. The number of aromatic nitrogens is 1. The number of amides is 1. The van der Waals surface area contributed by atoms with Crippen molar-refractivity contribution >= 4 is 17.2 Å². The summed E-state index contributed by atoms with van der Waals surface area (Å²) in [6, 6.07) is 0. The third-order valence-corrected chi connectivity index (χ3v) is 4.68. The summed E-state index contributed by atoms with van der Waals surface area (Å²) in [6.45, 7) is 5.61. The molecular weight excluding hydrogens is 276 g/mol. The van der Waals surface area contributed by atoms with Crippen LogP contribution in [0.15, 0.2) is 0 Å². The predicted octanol–water partition coefficient (Wildman–Crippen LogP) is 1.12. The molecule has 20 heavy (non-hydrogen) atoms. The minimum Gasteiger partial charge on any atom is -0.378 e. The molecule has 0 aromatic carbocycles. The number of nitrogens with one attached hydrogen (secondary N) is 1. The molecule has 0 radical (unpaired) electrons. The molecule has 1 aliphatic heterocycles. The SMILES string of the molecule is COCc1nc(CN2CCC(C)CC2)sc1C(=O)NN. The van der Waals surface area contributed by atoms with Gasteiger partial charge in [0.05, 0.1) is 18.8 Å². The van der Waals surface area contributed by atoms with E-state index in [1.165, 1.54) is 24.2 Å². The number of rotatable bonds is 5. The molecule has 1 fully saturated rings. The maximum atomic E-state index is 11.7. The largest absolute Gasteiger partial charge is 0.378 e. The van der Waals surface area contributed by atoms with Gasteiger partial charge in [0, 0.05) is 7.11 Å². The number of hydrazine groups is 1. The van der Waals surface area contributed by atoms with Crippen molar-refractivity contribution in [3.8, 4) is 0 Å². The first-order chi connectivity index (χ1) is 9.63. The Hall–Kier alpha value is -1.02. The highest BCUT2D eigenvalue weighted by atomic mass is 32.1. The summed E-state index contributed by atoms with van der Waals surface area (Å²) < 4.78 is 5.09. The maximum absolute atomic E-state index is 11.7. The maximum Gasteiger partial charge on any atom is 0.277 e. The van der Waals surface area contributed by atoms with E-state index in [0.29, 0.717) is 17.2 Å². The zero-order chi connectivity index (χ0) is 14.5. The van der Waals surface area contributed by atoms with Crippen LogP contribution in [-0.2, 0) is 17.9 Å². The Kier molecular flexibility index (Phi) is 5.47. The van der Waals surface area contributed by atoms with E-state index in [1.54, 1.807) is 7.11 Å². The standard InChI is InChI=1S/C13H22N4O2S/c1-9-3-5-17(6-4-9)7-11-15-10(8-19-2)12(20-11)13(18)16-14/h9H,3-8,14H2,1-2H3,(H,16,18). The van der Waals surface area contributed by atoms with Gasteiger partial charge >= 0.3 is 0 Å². The van der Waals surface area contributed by atoms with Crippen molar-refractivity contribution in [3.63, 3.8) is 0 Å². The predicted molar refractivity (Wildman–Crippen MR) is 78.2 cm³/mol. The van der Waals surface area contributed by atoms with Crippen molar-refractivity contribution in [3.05, 3.63) is 15.6 Å². The Morgan fingerprint density at radius 1 is 1.55 bits per heavy atom. The Labute approximate surface area is 123 Å². The van der Waals surface area contributed by atoms with Crippen molar-refractivity contribution in [1.29, 1.82) is 0 Å². The summed E-state index contributed by atoms with van der Waals surface area (Å²) in [5.41, 5.74) is 2.83. The number of carbonyl (C=O) groups is 1. The van der Waals surface area contributed by atoms with Gasteiger partial charge in [0.2, 0.25) is 0 Å². The molecule has 112 valence electrons. The third kappa shape index (κ3) is 3.76. The second-order valence-corrected chi connectivity index (χ2v) is 6.33. The van der Waals surface area contributed by atoms with E-state index in [1.807, 2.05) is 0 Å². The Morgan fingerprint density at radius 2 is 2.25 bits per heavy atom. The van der Waals surface area contributed by atoms with E-state index in [2.05, 4.69) is 22.2 Å². The quantitative estimate of drug-likeness (QED) is 0.484. The van der Waals surface area contributed by atoms with Crippen LogP contribution in [0.1, 0.15) is 40.1 Å². The van der Waals surface area contributed by atoms with Crippen LogP contribution < -0.4 is 11.3 Å². The van der Waals surface area contributed by atoms with Crippen molar-refractivity contribution in [2.75, 3.05) is 20.2 Å². The number of ether oxygens (including phenoxy) is 1. The molecule has 0 saturated carbocycles. The van der Waals surface area contributed by atoms with Gasteiger partial charge in [-0.05, 0) is 31.8 Å². The fourth-order valence-corrected chi connectivity index (χ4v) is 3.37. The van der Waals surface area contributed by atoms with Gasteiger partial charge in [-0.1, -0.05) is 6.92 Å². The van der Waals surface area contributed by atoms with E-state index in [0.717, 1.165) is 30.6 Å². The molecule has 1 aliphatic rings. The highest BCUT2D eigenvalue weighted by molar-refractivity contribution is 7.13. The summed E-state index contributed by atoms with van der Waals surface area (Å²) >= 11 is 1.40. The van der Waals surface area contributed by atoms with Crippen LogP contribution in [0.4, 0.5) is 0 Å². The number of hydrogen-bond donors (Lipinski definition) is 2. The van der Waals surface area contributed by atoms with Gasteiger partial charge in [-0.25, -0.2) is 10.8 Å². The lowest BCUT2D eigenvalue weighted by molar-refractivity contribution is 0.0952. The smallest absolute Gasteiger partial charge is 0.277 e. The molecule has 1 amide bonds. The lowest BCUT2D eigenvalue weighted by Gasteiger charge is -2.29. The van der Waals surface area contributed by atoms with E-state index in [9.17, 15) is 4.79 Å². The number of nitrogens with two attached hydrogens (primary N) is 1. The van der Waals surface area contributed by atoms with Crippen molar-refractivity contribution in [1.82, 2.24) is 15.3 Å². The normalized spacial score (nSPS) is 17.4. The van der Waals surface area contributed by atoms with E-state index >= 15 is 0 Å². The van der Waals surface area contributed by atoms with Crippen LogP contribution in [0.2, 0.25) is 0 Å². The summed E-state index contributed by atoms with van der Waals surface area (Å²) in [5.74, 6) is 5.72. The van der Waals surface area contributed by atoms with Crippen LogP contribution in [0.25, 0.3) is 0 Å². The number of hydrogen-bond acceptors (Lipinski definition) is 6. The van der Waals surface area contributed by atoms with Gasteiger partial charge in [0.25, 0.3) is 5.91 Å². The van der Waals surface area contributed by atoms with Crippen LogP contribution in [0.5, 0.6) is 0 Å². The molecule has 2 heterocycles. The lowest BCUT2D eigenvalue weighted by Crippen LogP contribution is -2.32. The molecule has 0 spiro atoms. The summed E-state index contributed by atoms with van der Waals surface area (Å²) in [6.07, 6.45) is 2.46. The van der Waals surface area contributed by atoms with Crippen LogP contribution in [0, 0.1) is 5.92 Å². The highest BCUT2D eigenvalue weighted by Crippen LogP contribution is 2.23. The van der Waals surface area contributed by atoms with Crippen molar-refractivity contribution in [2.24, 2.45) is 11.8 Å². The highest BCUT2D eigenvalue weighted by Gasteiger charge is 2.21. The molecule has 1 saturated heterocycles. The molecule has 2 rings (SSSR count). The zero-order valence-corrected chi connectivity index (χ0v) is 12.8. The topological polar surface area (TPSA) is 80.5 Å². The molecule has 0 atom stereocenters. The van der Waals surface area contributed by atoms with Crippen LogP contribution in [0.3, 0.4) is 0 Å². The van der Waals surface area contributed by atoms with Gasteiger partial charge < -0.3 is 4.74 Å². The zero-order valence-electron chi connectivity index (χ0n) is 12.0. The van der Waals surface area contributed by atoms with E-state index in [4.69, 9.17) is 10.6 Å². The molecule has 0 bridgehead atoms.